The first-order chi connectivity index (χ1) is 9.62. The third kappa shape index (κ3) is 3.71. The smallest absolute Gasteiger partial charge is 0.129 e. The fraction of sp³-hybridized carbons (Fsp3) is 0.200. The van der Waals surface area contributed by atoms with E-state index < -0.39 is 0 Å². The monoisotopic (exact) mass is 340 g/mol. The number of aliphatic hydroxyl groups is 1. The molecule has 2 aromatic rings. The van der Waals surface area contributed by atoms with Crippen molar-refractivity contribution in [2.75, 3.05) is 7.11 Å². The Kier molecular flexibility index (Phi) is 4.98. The van der Waals surface area contributed by atoms with E-state index in [9.17, 15) is 9.50 Å². The van der Waals surface area contributed by atoms with Crippen LogP contribution < -0.4 is 9.47 Å². The van der Waals surface area contributed by atoms with Crippen LogP contribution in [0.3, 0.4) is 0 Å². The van der Waals surface area contributed by atoms with Crippen molar-refractivity contribution in [3.05, 3.63) is 57.8 Å². The van der Waals surface area contributed by atoms with Crippen molar-refractivity contribution in [2.45, 2.75) is 13.2 Å². The molecule has 106 valence electrons. The zero-order chi connectivity index (χ0) is 14.5. The van der Waals surface area contributed by atoms with Crippen molar-refractivity contribution in [2.24, 2.45) is 0 Å². The summed E-state index contributed by atoms with van der Waals surface area (Å²) in [4.78, 5) is 0. The van der Waals surface area contributed by atoms with Crippen molar-refractivity contribution in [1.82, 2.24) is 0 Å². The summed E-state index contributed by atoms with van der Waals surface area (Å²) in [6, 6.07) is 9.74. The molecule has 0 aliphatic carbocycles. The number of methoxy groups -OCH3 is 1. The largest absolute Gasteiger partial charge is 0.497 e. The molecule has 20 heavy (non-hydrogen) atoms. The van der Waals surface area contributed by atoms with Gasteiger partial charge >= 0.3 is 0 Å². The van der Waals surface area contributed by atoms with Crippen LogP contribution in [0.1, 0.15) is 11.1 Å². The first kappa shape index (κ1) is 14.8. The minimum atomic E-state index is -0.328. The first-order valence-electron chi connectivity index (χ1n) is 5.98. The van der Waals surface area contributed by atoms with E-state index in [0.29, 0.717) is 27.1 Å². The molecule has 2 aromatic carbocycles. The van der Waals surface area contributed by atoms with Crippen LogP contribution in [0, 0.1) is 5.82 Å². The Hall–Kier alpha value is -1.59. The third-order valence-corrected chi connectivity index (χ3v) is 3.22. The van der Waals surface area contributed by atoms with Gasteiger partial charge in [0.1, 0.15) is 23.9 Å². The minimum Gasteiger partial charge on any atom is -0.497 e. The molecule has 0 aromatic heterocycles. The van der Waals surface area contributed by atoms with Crippen LogP contribution in [-0.4, -0.2) is 12.2 Å². The lowest BCUT2D eigenvalue weighted by atomic mass is 10.2. The predicted octanol–water partition coefficient (Wildman–Crippen LogP) is 3.67. The number of aliphatic hydroxyl groups excluding tert-OH is 1. The Morgan fingerprint density at radius 2 is 2.00 bits per heavy atom. The van der Waals surface area contributed by atoms with Crippen molar-refractivity contribution in [3.63, 3.8) is 0 Å². The average Bonchev–Trinajstić information content (AvgIpc) is 2.43. The highest BCUT2D eigenvalue weighted by Gasteiger charge is 2.06. The lowest BCUT2D eigenvalue weighted by Crippen LogP contribution is -2.00. The third-order valence-electron chi connectivity index (χ3n) is 2.76. The fourth-order valence-corrected chi connectivity index (χ4v) is 2.29. The molecule has 0 atom stereocenters. The van der Waals surface area contributed by atoms with Gasteiger partial charge in [0.2, 0.25) is 0 Å². The Balaban J connectivity index is 2.17. The number of halogens is 2. The number of hydrogen-bond acceptors (Lipinski definition) is 3. The first-order valence-corrected chi connectivity index (χ1v) is 6.77. The maximum Gasteiger partial charge on any atom is 0.129 e. The standard InChI is InChI=1S/C15H14BrFO3/c1-19-14-3-2-11(8-18)15(7-14)20-9-10-4-12(16)6-13(17)5-10/h2-7,18H,8-9H2,1H3. The van der Waals surface area contributed by atoms with Crippen molar-refractivity contribution < 1.29 is 19.0 Å². The lowest BCUT2D eigenvalue weighted by molar-refractivity contribution is 0.257. The van der Waals surface area contributed by atoms with Gasteiger partial charge in [-0.2, -0.15) is 0 Å². The minimum absolute atomic E-state index is 0.133. The highest BCUT2D eigenvalue weighted by Crippen LogP contribution is 2.26. The lowest BCUT2D eigenvalue weighted by Gasteiger charge is -2.12. The molecule has 0 bridgehead atoms. The van der Waals surface area contributed by atoms with Gasteiger partial charge in [-0.25, -0.2) is 4.39 Å². The number of ether oxygens (including phenoxy) is 2. The van der Waals surface area contributed by atoms with Gasteiger partial charge in [0.05, 0.1) is 13.7 Å². The molecule has 0 saturated heterocycles. The SMILES string of the molecule is COc1ccc(CO)c(OCc2cc(F)cc(Br)c2)c1. The molecule has 0 aliphatic heterocycles. The van der Waals surface area contributed by atoms with Gasteiger partial charge in [-0.3, -0.25) is 0 Å². The predicted molar refractivity (Wildman–Crippen MR) is 77.3 cm³/mol. The normalized spacial score (nSPS) is 10.4. The molecule has 0 spiro atoms. The molecule has 0 saturated carbocycles. The van der Waals surface area contributed by atoms with E-state index in [1.54, 1.807) is 31.4 Å². The van der Waals surface area contributed by atoms with Crippen LogP contribution in [-0.2, 0) is 13.2 Å². The van der Waals surface area contributed by atoms with Gasteiger partial charge in [-0.15, -0.1) is 0 Å². The summed E-state index contributed by atoms with van der Waals surface area (Å²) < 4.78 is 24.7. The second-order valence-electron chi connectivity index (χ2n) is 4.20. The molecule has 2 rings (SSSR count). The zero-order valence-electron chi connectivity index (χ0n) is 10.9. The van der Waals surface area contributed by atoms with E-state index in [2.05, 4.69) is 15.9 Å². The summed E-state index contributed by atoms with van der Waals surface area (Å²) in [5, 5.41) is 9.28. The molecule has 0 unspecified atom stereocenters. The molecule has 1 N–H and O–H groups in total. The van der Waals surface area contributed by atoms with Gasteiger partial charge in [0.15, 0.2) is 0 Å². The maximum absolute atomic E-state index is 13.3. The van der Waals surface area contributed by atoms with E-state index in [1.807, 2.05) is 0 Å². The van der Waals surface area contributed by atoms with Crippen molar-refractivity contribution >= 4 is 15.9 Å². The zero-order valence-corrected chi connectivity index (χ0v) is 12.5. The van der Waals surface area contributed by atoms with Gasteiger partial charge in [-0.05, 0) is 35.9 Å². The van der Waals surface area contributed by atoms with E-state index in [4.69, 9.17) is 9.47 Å². The summed E-state index contributed by atoms with van der Waals surface area (Å²) in [5.74, 6) is 0.829. The van der Waals surface area contributed by atoms with Crippen LogP contribution in [0.25, 0.3) is 0 Å². The second-order valence-corrected chi connectivity index (χ2v) is 5.11. The van der Waals surface area contributed by atoms with Gasteiger partial charge in [0, 0.05) is 16.1 Å². The van der Waals surface area contributed by atoms with Crippen molar-refractivity contribution in [3.8, 4) is 11.5 Å². The van der Waals surface area contributed by atoms with Gasteiger partial charge in [-0.1, -0.05) is 15.9 Å². The van der Waals surface area contributed by atoms with E-state index in [-0.39, 0.29) is 19.0 Å². The van der Waals surface area contributed by atoms with E-state index >= 15 is 0 Å². The van der Waals surface area contributed by atoms with E-state index in [1.165, 1.54) is 12.1 Å². The maximum atomic E-state index is 13.3. The van der Waals surface area contributed by atoms with Crippen LogP contribution in [0.15, 0.2) is 40.9 Å². The highest BCUT2D eigenvalue weighted by molar-refractivity contribution is 9.10. The summed E-state index contributed by atoms with van der Waals surface area (Å²) >= 11 is 3.23. The van der Waals surface area contributed by atoms with Crippen LogP contribution in [0.2, 0.25) is 0 Å². The van der Waals surface area contributed by atoms with Gasteiger partial charge < -0.3 is 14.6 Å². The van der Waals surface area contributed by atoms with Crippen molar-refractivity contribution in [1.29, 1.82) is 0 Å². The number of benzene rings is 2. The molecule has 3 nitrogen and oxygen atoms in total. The second kappa shape index (κ2) is 6.72. The quantitative estimate of drug-likeness (QED) is 0.902. The summed E-state index contributed by atoms with van der Waals surface area (Å²) in [6.07, 6.45) is 0. The molecule has 0 radical (unpaired) electrons. The Bertz CT molecular complexity index is 581. The fourth-order valence-electron chi connectivity index (χ4n) is 1.78. The Morgan fingerprint density at radius 1 is 1.20 bits per heavy atom. The van der Waals surface area contributed by atoms with Gasteiger partial charge in [0.25, 0.3) is 0 Å². The highest BCUT2D eigenvalue weighted by atomic mass is 79.9. The summed E-state index contributed by atoms with van der Waals surface area (Å²) in [7, 11) is 1.56. The summed E-state index contributed by atoms with van der Waals surface area (Å²) in [6.45, 7) is 0.0721. The number of hydrogen-bond donors (Lipinski definition) is 1. The van der Waals surface area contributed by atoms with Crippen LogP contribution >= 0.6 is 15.9 Å². The topological polar surface area (TPSA) is 38.7 Å². The molecular weight excluding hydrogens is 327 g/mol. The summed E-state index contributed by atoms with van der Waals surface area (Å²) in [5.41, 5.74) is 1.35. The average molecular weight is 341 g/mol. The molecule has 5 heteroatoms. The van der Waals surface area contributed by atoms with Crippen LogP contribution in [0.5, 0.6) is 11.5 Å². The molecule has 0 aliphatic rings. The number of rotatable bonds is 5. The molecule has 0 fully saturated rings. The Morgan fingerprint density at radius 3 is 2.65 bits per heavy atom. The van der Waals surface area contributed by atoms with Crippen LogP contribution in [0.4, 0.5) is 4.39 Å². The molecule has 0 amide bonds. The molecular formula is C15H14BrFO3. The molecule has 0 heterocycles. The van der Waals surface area contributed by atoms with E-state index in [0.717, 1.165) is 0 Å². The Labute approximate surface area is 125 Å².